The molecule has 0 amide bonds. The lowest BCUT2D eigenvalue weighted by Crippen LogP contribution is -2.63. The summed E-state index contributed by atoms with van der Waals surface area (Å²) in [5.41, 5.74) is 2.85. The highest BCUT2D eigenvalue weighted by Gasteiger charge is 2.53. The van der Waals surface area contributed by atoms with Crippen molar-refractivity contribution in [2.45, 2.75) is 121 Å². The van der Waals surface area contributed by atoms with Crippen LogP contribution in [0, 0.1) is 0 Å². The monoisotopic (exact) mass is 752 g/mol. The summed E-state index contributed by atoms with van der Waals surface area (Å²) in [5, 5.41) is 0.0564. The molecule has 3 fully saturated rings. The summed E-state index contributed by atoms with van der Waals surface area (Å²) in [6.07, 6.45) is -4.83. The van der Waals surface area contributed by atoms with Crippen LogP contribution in [-0.4, -0.2) is 83.9 Å². The second-order valence-corrected chi connectivity index (χ2v) is 20.6. The molecule has 11 nitrogen and oxygen atoms in total. The van der Waals surface area contributed by atoms with Crippen molar-refractivity contribution in [3.8, 4) is 5.75 Å². The Hall–Kier alpha value is -2.72. The zero-order chi connectivity index (χ0) is 37.6. The van der Waals surface area contributed by atoms with Gasteiger partial charge >= 0.3 is 0 Å². The van der Waals surface area contributed by atoms with Crippen LogP contribution in [0.2, 0.25) is 18.1 Å². The van der Waals surface area contributed by atoms with Gasteiger partial charge in [-0.05, 0) is 55.2 Å². The van der Waals surface area contributed by atoms with E-state index in [-0.39, 0.29) is 31.0 Å². The van der Waals surface area contributed by atoms with Crippen molar-refractivity contribution in [1.82, 2.24) is 0 Å². The fourth-order valence-electron chi connectivity index (χ4n) is 6.32. The number of ether oxygens (including phenoxy) is 8. The number of methoxy groups -OCH3 is 1. The van der Waals surface area contributed by atoms with Crippen molar-refractivity contribution < 1.29 is 52.1 Å². The van der Waals surface area contributed by atoms with E-state index >= 15 is 0 Å². The first-order chi connectivity index (χ1) is 25.3. The van der Waals surface area contributed by atoms with Crippen LogP contribution in [-0.2, 0) is 60.6 Å². The lowest BCUT2D eigenvalue weighted by molar-refractivity contribution is -0.449. The Kier molecular flexibility index (Phi) is 13.1. The zero-order valence-corrected chi connectivity index (χ0v) is 33.2. The fraction of sp³-hybridized carbons (Fsp3) is 0.561. The highest BCUT2D eigenvalue weighted by molar-refractivity contribution is 6.74. The molecule has 12 heteroatoms. The van der Waals surface area contributed by atoms with E-state index in [1.165, 1.54) is 0 Å². The summed E-state index contributed by atoms with van der Waals surface area (Å²) in [4.78, 5) is 12.1. The molecular formula is C41H56O11Si. The molecule has 290 valence electrons. The molecule has 0 bridgehead atoms. The van der Waals surface area contributed by atoms with Crippen molar-refractivity contribution in [2.24, 2.45) is 0 Å². The summed E-state index contributed by atoms with van der Waals surface area (Å²) in [5.74, 6) is -0.0515. The van der Waals surface area contributed by atoms with Crippen LogP contribution < -0.4 is 4.74 Å². The Morgan fingerprint density at radius 2 is 1.36 bits per heavy atom. The van der Waals surface area contributed by atoms with Crippen molar-refractivity contribution in [1.29, 1.82) is 0 Å². The van der Waals surface area contributed by atoms with Gasteiger partial charge in [0.25, 0.3) is 0 Å². The maximum absolute atomic E-state index is 6.71. The van der Waals surface area contributed by atoms with E-state index in [0.717, 1.165) is 22.4 Å². The first-order valence-corrected chi connectivity index (χ1v) is 21.4. The fourth-order valence-corrected chi connectivity index (χ4v) is 7.34. The molecular weight excluding hydrogens is 697 g/mol. The second kappa shape index (κ2) is 17.4. The Morgan fingerprint density at radius 3 is 2.00 bits per heavy atom. The van der Waals surface area contributed by atoms with Gasteiger partial charge in [0.05, 0.1) is 33.5 Å². The molecule has 0 aromatic heterocycles. The van der Waals surface area contributed by atoms with Crippen molar-refractivity contribution in [2.75, 3.05) is 26.9 Å². The van der Waals surface area contributed by atoms with Crippen LogP contribution in [0.25, 0.3) is 0 Å². The average Bonchev–Trinajstić information content (AvgIpc) is 3.45. The minimum Gasteiger partial charge on any atom is -0.497 e. The molecule has 3 saturated heterocycles. The van der Waals surface area contributed by atoms with E-state index in [9.17, 15) is 0 Å². The number of hydrogen-bond donors (Lipinski definition) is 0. The molecule has 0 spiro atoms. The van der Waals surface area contributed by atoms with Gasteiger partial charge in [0.1, 0.15) is 49.0 Å². The lowest BCUT2D eigenvalue weighted by Gasteiger charge is -2.48. The summed E-state index contributed by atoms with van der Waals surface area (Å²) >= 11 is 0. The number of benzene rings is 3. The number of hydrogen-bond acceptors (Lipinski definition) is 11. The van der Waals surface area contributed by atoms with Gasteiger partial charge in [-0.2, -0.15) is 0 Å². The average molecular weight is 753 g/mol. The maximum atomic E-state index is 6.71. The zero-order valence-electron chi connectivity index (χ0n) is 32.2. The smallest absolute Gasteiger partial charge is 0.220 e. The molecule has 3 aliphatic heterocycles. The van der Waals surface area contributed by atoms with E-state index in [2.05, 4.69) is 33.9 Å². The third-order valence-electron chi connectivity index (χ3n) is 10.3. The van der Waals surface area contributed by atoms with Gasteiger partial charge in [-0.25, -0.2) is 9.78 Å². The van der Waals surface area contributed by atoms with E-state index in [4.69, 9.17) is 52.1 Å². The van der Waals surface area contributed by atoms with E-state index in [1.807, 2.05) is 98.8 Å². The molecule has 0 aliphatic carbocycles. The molecule has 8 atom stereocenters. The van der Waals surface area contributed by atoms with E-state index in [0.29, 0.717) is 13.2 Å². The van der Waals surface area contributed by atoms with Crippen molar-refractivity contribution in [3.05, 3.63) is 102 Å². The summed E-state index contributed by atoms with van der Waals surface area (Å²) in [6.45, 7) is 16.2. The van der Waals surface area contributed by atoms with Gasteiger partial charge < -0.3 is 42.3 Å². The summed E-state index contributed by atoms with van der Waals surface area (Å²) < 4.78 is 57.1. The molecule has 6 rings (SSSR count). The van der Waals surface area contributed by atoms with Crippen LogP contribution in [0.15, 0.2) is 84.9 Å². The van der Waals surface area contributed by atoms with Gasteiger partial charge in [-0.15, -0.1) is 0 Å². The SMILES string of the molecule is COc1ccc(CO[C@@H]2[C@H](OOC[C@@H]3OC(C)(C)O[C@H]3CO[Si](C)(C)C(C)(C)C)O[C@@H]3COC(c4ccccc4)O[C@H]3[C@@H]2OCc2ccccc2)cc1. The quantitative estimate of drug-likeness (QED) is 0.0877. The molecule has 3 aromatic carbocycles. The topological polar surface area (TPSA) is 102 Å². The Labute approximate surface area is 315 Å². The molecule has 53 heavy (non-hydrogen) atoms. The molecule has 0 saturated carbocycles. The molecule has 3 aliphatic rings. The number of fused-ring (bicyclic) bond motifs is 1. The highest BCUT2D eigenvalue weighted by atomic mass is 28.4. The number of rotatable bonds is 15. The summed E-state index contributed by atoms with van der Waals surface area (Å²) in [7, 11) is -0.390. The minimum absolute atomic E-state index is 0.0564. The van der Waals surface area contributed by atoms with Gasteiger partial charge in [-0.3, -0.25) is 0 Å². The van der Waals surface area contributed by atoms with Crippen molar-refractivity contribution >= 4 is 8.32 Å². The Morgan fingerprint density at radius 1 is 0.755 bits per heavy atom. The van der Waals surface area contributed by atoms with E-state index in [1.54, 1.807) is 7.11 Å². The molecule has 3 heterocycles. The standard InChI is InChI=1S/C41H56O11Si/c1-40(2,3)53(7,8)47-27-33-32(50-41(4,5)51-33)26-46-52-39-37(44-24-29-19-21-31(42-6)22-20-29)36(43-23-28-15-11-9-12-16-28)35-34(48-39)25-45-38(49-35)30-17-13-10-14-18-30/h9-22,32-39H,23-27H2,1-8H3/t32-,33-,34+,35+,36-,37-,38?,39-/m0/s1. The van der Waals surface area contributed by atoms with E-state index < -0.39 is 57.2 Å². The first-order valence-electron chi connectivity index (χ1n) is 18.5. The van der Waals surface area contributed by atoms with Gasteiger partial charge in [-0.1, -0.05) is 93.6 Å². The minimum atomic E-state index is -2.03. The maximum Gasteiger partial charge on any atom is 0.220 e. The van der Waals surface area contributed by atoms with Gasteiger partial charge in [0.2, 0.25) is 6.29 Å². The highest BCUT2D eigenvalue weighted by Crippen LogP contribution is 2.39. The molecule has 1 unspecified atom stereocenters. The third kappa shape index (κ3) is 10.3. The molecule has 0 radical (unpaired) electrons. The van der Waals surface area contributed by atoms with Crippen LogP contribution >= 0.6 is 0 Å². The molecule has 0 N–H and O–H groups in total. The predicted octanol–water partition coefficient (Wildman–Crippen LogP) is 7.50. The van der Waals surface area contributed by atoms with Crippen LogP contribution in [0.4, 0.5) is 0 Å². The van der Waals surface area contributed by atoms with Crippen LogP contribution in [0.3, 0.4) is 0 Å². The Bertz CT molecular complexity index is 1550. The normalized spacial score (nSPS) is 28.8. The third-order valence-corrected chi connectivity index (χ3v) is 14.8. The Balaban J connectivity index is 1.21. The predicted molar refractivity (Wildman–Crippen MR) is 199 cm³/mol. The van der Waals surface area contributed by atoms with Crippen LogP contribution in [0.1, 0.15) is 57.6 Å². The second-order valence-electron chi connectivity index (χ2n) is 15.8. The van der Waals surface area contributed by atoms with Crippen molar-refractivity contribution in [3.63, 3.8) is 0 Å². The lowest BCUT2D eigenvalue weighted by atomic mass is 9.97. The largest absolute Gasteiger partial charge is 0.497 e. The first kappa shape index (κ1) is 40.0. The summed E-state index contributed by atoms with van der Waals surface area (Å²) in [6, 6.07) is 27.5. The molecule has 3 aromatic rings. The van der Waals surface area contributed by atoms with Crippen LogP contribution in [0.5, 0.6) is 5.75 Å². The van der Waals surface area contributed by atoms with Gasteiger partial charge in [0, 0.05) is 5.56 Å². The van der Waals surface area contributed by atoms with Gasteiger partial charge in [0.15, 0.2) is 20.4 Å².